The van der Waals surface area contributed by atoms with E-state index in [1.54, 1.807) is 0 Å². The fraction of sp³-hybridized carbons (Fsp3) is 0.355. The highest BCUT2D eigenvalue weighted by molar-refractivity contribution is 7.38. The van der Waals surface area contributed by atoms with Gasteiger partial charge in [0.1, 0.15) is 23.4 Å². The molecule has 2 fully saturated rings. The second kappa shape index (κ2) is 9.93. The highest BCUT2D eigenvalue weighted by Gasteiger charge is 2.55. The van der Waals surface area contributed by atoms with E-state index in [9.17, 15) is 0 Å². The van der Waals surface area contributed by atoms with E-state index in [2.05, 4.69) is 72.7 Å². The van der Waals surface area contributed by atoms with Crippen LogP contribution in [0.2, 0.25) is 0 Å². The van der Waals surface area contributed by atoms with Gasteiger partial charge < -0.3 is 27.3 Å². The SMILES string of the molecule is CCCOC[C@H]1O[C@@H]2OC(C)(C)O[C@@H]2[C@@H]1Np1oc2ccc3ccccc3c2c2c(ccc3ccccc32)o1. The Morgan fingerprint density at radius 3 is 2.05 bits per heavy atom. The van der Waals surface area contributed by atoms with E-state index in [0.29, 0.717) is 13.2 Å². The van der Waals surface area contributed by atoms with Crippen LogP contribution in [-0.4, -0.2) is 43.5 Å². The number of nitrogens with one attached hydrogen (secondary N) is 1. The van der Waals surface area contributed by atoms with Crippen LogP contribution in [0.25, 0.3) is 43.5 Å². The Kier molecular flexibility index (Phi) is 6.39. The predicted molar refractivity (Wildman–Crippen MR) is 154 cm³/mol. The summed E-state index contributed by atoms with van der Waals surface area (Å²) in [5.41, 5.74) is 1.56. The summed E-state index contributed by atoms with van der Waals surface area (Å²) in [6.07, 6.45) is -0.137. The Morgan fingerprint density at radius 2 is 1.44 bits per heavy atom. The quantitative estimate of drug-likeness (QED) is 0.218. The van der Waals surface area contributed by atoms with Crippen LogP contribution in [0.15, 0.2) is 81.2 Å². The monoisotopic (exact) mass is 545 g/mol. The number of benzene rings is 4. The summed E-state index contributed by atoms with van der Waals surface area (Å²) in [5, 5.41) is 10.3. The van der Waals surface area contributed by atoms with Gasteiger partial charge in [-0.15, -0.1) is 0 Å². The summed E-state index contributed by atoms with van der Waals surface area (Å²) in [6.45, 7) is 6.99. The van der Waals surface area contributed by atoms with Gasteiger partial charge in [-0.25, -0.2) is 5.09 Å². The predicted octanol–water partition coefficient (Wildman–Crippen LogP) is 7.81. The second-order valence-electron chi connectivity index (χ2n) is 10.6. The third kappa shape index (κ3) is 4.53. The fourth-order valence-electron chi connectivity index (χ4n) is 5.76. The van der Waals surface area contributed by atoms with Crippen molar-refractivity contribution in [1.29, 1.82) is 0 Å². The lowest BCUT2D eigenvalue weighted by Crippen LogP contribution is -2.41. The highest BCUT2D eigenvalue weighted by atomic mass is 31.1. The van der Waals surface area contributed by atoms with Crippen molar-refractivity contribution in [2.24, 2.45) is 0 Å². The van der Waals surface area contributed by atoms with Crippen molar-refractivity contribution in [3.05, 3.63) is 72.8 Å². The van der Waals surface area contributed by atoms with Crippen LogP contribution >= 0.6 is 8.16 Å². The summed E-state index contributed by atoms with van der Waals surface area (Å²) in [7, 11) is -1.61. The van der Waals surface area contributed by atoms with Gasteiger partial charge >= 0.3 is 8.16 Å². The molecule has 5 aromatic rings. The van der Waals surface area contributed by atoms with Gasteiger partial charge in [-0.3, -0.25) is 0 Å². The van der Waals surface area contributed by atoms with Gasteiger partial charge in [0.25, 0.3) is 0 Å². The zero-order valence-electron chi connectivity index (χ0n) is 22.3. The molecule has 0 radical (unpaired) electrons. The molecule has 4 atom stereocenters. The van der Waals surface area contributed by atoms with Crippen molar-refractivity contribution in [2.45, 2.75) is 57.5 Å². The number of hydrogen-bond donors (Lipinski definition) is 1. The molecule has 0 aliphatic carbocycles. The Morgan fingerprint density at radius 1 is 0.821 bits per heavy atom. The van der Waals surface area contributed by atoms with Gasteiger partial charge in [0.05, 0.1) is 12.6 Å². The first kappa shape index (κ1) is 25.1. The molecule has 0 unspecified atom stereocenters. The van der Waals surface area contributed by atoms with Gasteiger partial charge in [-0.05, 0) is 53.9 Å². The molecular weight excluding hydrogens is 513 g/mol. The van der Waals surface area contributed by atoms with Crippen molar-refractivity contribution >= 4 is 51.6 Å². The first-order valence-electron chi connectivity index (χ1n) is 13.6. The van der Waals surface area contributed by atoms with Crippen LogP contribution in [0, 0.1) is 0 Å². The molecule has 202 valence electrons. The second-order valence-corrected chi connectivity index (χ2v) is 11.8. The minimum Gasteiger partial charge on any atom is -0.408 e. The Hall–Kier alpha value is -2.90. The molecule has 4 aromatic carbocycles. The smallest absolute Gasteiger partial charge is 0.307 e. The maximum Gasteiger partial charge on any atom is 0.307 e. The van der Waals surface area contributed by atoms with Crippen molar-refractivity contribution < 1.29 is 27.3 Å². The average Bonchev–Trinajstić information content (AvgIpc) is 3.32. The fourth-order valence-corrected chi connectivity index (χ4v) is 7.12. The van der Waals surface area contributed by atoms with E-state index in [-0.39, 0.29) is 18.2 Å². The molecule has 7 rings (SSSR count). The zero-order valence-corrected chi connectivity index (χ0v) is 23.2. The zero-order chi connectivity index (χ0) is 26.6. The van der Waals surface area contributed by atoms with Gasteiger partial charge in [-0.1, -0.05) is 67.6 Å². The van der Waals surface area contributed by atoms with Crippen molar-refractivity contribution in [1.82, 2.24) is 0 Å². The number of rotatable bonds is 6. The lowest BCUT2D eigenvalue weighted by Gasteiger charge is -2.25. The van der Waals surface area contributed by atoms with Crippen LogP contribution < -0.4 is 5.09 Å². The van der Waals surface area contributed by atoms with Crippen LogP contribution in [0.3, 0.4) is 0 Å². The molecule has 2 aliphatic heterocycles. The molecule has 0 spiro atoms. The topological polar surface area (TPSA) is 75.2 Å². The van der Waals surface area contributed by atoms with Gasteiger partial charge in [0.2, 0.25) is 0 Å². The molecule has 39 heavy (non-hydrogen) atoms. The normalized spacial score (nSPS) is 24.2. The molecule has 0 saturated carbocycles. The summed E-state index contributed by atoms with van der Waals surface area (Å²) < 4.78 is 37.8. The Labute approximate surface area is 227 Å². The molecule has 8 heteroatoms. The van der Waals surface area contributed by atoms with Gasteiger partial charge in [0, 0.05) is 17.4 Å². The summed E-state index contributed by atoms with van der Waals surface area (Å²) in [5.74, 6) is -0.736. The molecular formula is C31H32NO6P. The first-order chi connectivity index (χ1) is 19.0. The van der Waals surface area contributed by atoms with Crippen molar-refractivity contribution in [3.63, 3.8) is 0 Å². The first-order valence-corrected chi connectivity index (χ1v) is 14.7. The van der Waals surface area contributed by atoms with Gasteiger partial charge in [0.15, 0.2) is 12.1 Å². The van der Waals surface area contributed by atoms with E-state index in [1.807, 2.05) is 26.0 Å². The number of hydrogen-bond acceptors (Lipinski definition) is 7. The van der Waals surface area contributed by atoms with E-state index in [1.165, 1.54) is 0 Å². The molecule has 0 amide bonds. The third-order valence-corrected chi connectivity index (χ3v) is 8.66. The maximum absolute atomic E-state index is 6.67. The largest absolute Gasteiger partial charge is 0.408 e. The Balaban J connectivity index is 1.41. The molecule has 1 N–H and O–H groups in total. The lowest BCUT2D eigenvalue weighted by molar-refractivity contribution is -0.210. The molecule has 2 aliphatic rings. The summed E-state index contributed by atoms with van der Waals surface area (Å²) in [4.78, 5) is 0. The van der Waals surface area contributed by atoms with E-state index in [4.69, 9.17) is 27.3 Å². The average molecular weight is 546 g/mol. The van der Waals surface area contributed by atoms with Crippen LogP contribution in [0.5, 0.6) is 0 Å². The van der Waals surface area contributed by atoms with E-state index < -0.39 is 20.2 Å². The standard InChI is InChI=1S/C31H32NO6P/c1-4-17-33-18-25-28(29-30(34-25)36-31(2,3)35-29)32-39-37-23-15-13-19-9-5-7-11-21(19)26(23)27-22-12-8-6-10-20(22)14-16-24(27)38-39/h5-16,25,28-30,32H,4,17-18H2,1-3H3/t25-,28-,29-,30-/m1/s1. The van der Waals surface area contributed by atoms with Crippen LogP contribution in [0.4, 0.5) is 0 Å². The molecule has 7 nitrogen and oxygen atoms in total. The lowest BCUT2D eigenvalue weighted by atomic mass is 9.99. The molecule has 1 aromatic heterocycles. The van der Waals surface area contributed by atoms with Crippen molar-refractivity contribution in [3.8, 4) is 0 Å². The number of ether oxygens (including phenoxy) is 4. The number of fused-ring (bicyclic) bond motifs is 8. The minimum atomic E-state index is -1.61. The van der Waals surface area contributed by atoms with Crippen LogP contribution in [-0.2, 0) is 18.9 Å². The highest BCUT2D eigenvalue weighted by Crippen LogP contribution is 2.43. The molecule has 2 saturated heterocycles. The van der Waals surface area contributed by atoms with Crippen molar-refractivity contribution in [2.75, 3.05) is 18.3 Å². The van der Waals surface area contributed by atoms with E-state index in [0.717, 1.165) is 49.9 Å². The maximum atomic E-state index is 6.67. The Bertz CT molecular complexity index is 1620. The minimum absolute atomic E-state index is 0.245. The molecule has 0 bridgehead atoms. The summed E-state index contributed by atoms with van der Waals surface area (Å²) in [6, 6.07) is 24.8. The van der Waals surface area contributed by atoms with Crippen LogP contribution in [0.1, 0.15) is 27.2 Å². The van der Waals surface area contributed by atoms with E-state index >= 15 is 0 Å². The van der Waals surface area contributed by atoms with Gasteiger partial charge in [-0.2, -0.15) is 0 Å². The summed E-state index contributed by atoms with van der Waals surface area (Å²) >= 11 is 0. The molecule has 3 heterocycles. The third-order valence-electron chi connectivity index (χ3n) is 7.43.